The molecule has 8 nitrogen and oxygen atoms in total. The van der Waals surface area contributed by atoms with E-state index in [4.69, 9.17) is 10.7 Å². The average molecular weight is 457 g/mol. The van der Waals surface area contributed by atoms with Crippen LogP contribution < -0.4 is 20.7 Å². The van der Waals surface area contributed by atoms with E-state index in [1.807, 2.05) is 6.07 Å². The molecule has 0 bridgehead atoms. The number of pyridine rings is 2. The molecule has 1 saturated carbocycles. The van der Waals surface area contributed by atoms with E-state index in [-0.39, 0.29) is 23.0 Å². The van der Waals surface area contributed by atoms with Crippen LogP contribution in [0.15, 0.2) is 48.9 Å². The van der Waals surface area contributed by atoms with Crippen LogP contribution in [0.5, 0.6) is 5.75 Å². The Morgan fingerprint density at radius 1 is 1.12 bits per heavy atom. The molecule has 0 amide bonds. The van der Waals surface area contributed by atoms with Gasteiger partial charge in [0.05, 0.1) is 0 Å². The van der Waals surface area contributed by atoms with Crippen LogP contribution in [0.4, 0.5) is 30.6 Å². The fourth-order valence-electron chi connectivity index (χ4n) is 4.56. The minimum Gasteiger partial charge on any atom is -0.406 e. The van der Waals surface area contributed by atoms with E-state index in [9.17, 15) is 13.2 Å². The monoisotopic (exact) mass is 457 g/mol. The van der Waals surface area contributed by atoms with Crippen molar-refractivity contribution in [3.63, 3.8) is 0 Å². The first-order chi connectivity index (χ1) is 15.8. The van der Waals surface area contributed by atoms with Gasteiger partial charge in [0.15, 0.2) is 5.82 Å². The van der Waals surface area contributed by atoms with Gasteiger partial charge in [-0.2, -0.15) is 0 Å². The van der Waals surface area contributed by atoms with Gasteiger partial charge in [-0.3, -0.25) is 4.98 Å². The Labute approximate surface area is 188 Å². The van der Waals surface area contributed by atoms with E-state index in [1.165, 1.54) is 6.20 Å². The molecule has 3 aromatic rings. The Bertz CT molecular complexity index is 1140. The van der Waals surface area contributed by atoms with Crippen molar-refractivity contribution in [1.29, 1.82) is 0 Å². The number of rotatable bonds is 5. The first-order valence-corrected chi connectivity index (χ1v) is 10.6. The summed E-state index contributed by atoms with van der Waals surface area (Å²) in [7, 11) is 0. The van der Waals surface area contributed by atoms with Crippen molar-refractivity contribution in [2.45, 2.75) is 31.7 Å². The van der Waals surface area contributed by atoms with Crippen LogP contribution in [-0.2, 0) is 0 Å². The molecule has 0 radical (unpaired) electrons. The second-order valence-electron chi connectivity index (χ2n) is 8.59. The number of nitrogens with zero attached hydrogens (tertiary/aromatic N) is 5. The number of halogens is 3. The van der Waals surface area contributed by atoms with Gasteiger partial charge in [-0.15, -0.1) is 13.2 Å². The van der Waals surface area contributed by atoms with Crippen molar-refractivity contribution in [3.05, 3.63) is 48.9 Å². The number of alkyl halides is 3. The third-order valence-electron chi connectivity index (χ3n) is 5.97. The molecule has 4 heterocycles. The first-order valence-electron chi connectivity index (χ1n) is 10.6. The topological polar surface area (TPSA) is 102 Å². The molecule has 1 aliphatic carbocycles. The Balaban J connectivity index is 1.42. The highest BCUT2D eigenvalue weighted by molar-refractivity contribution is 5.65. The fourth-order valence-corrected chi connectivity index (χ4v) is 4.56. The summed E-state index contributed by atoms with van der Waals surface area (Å²) in [5.74, 6) is 1.37. The minimum absolute atomic E-state index is 0.167. The molecule has 11 heteroatoms. The molecule has 172 valence electrons. The van der Waals surface area contributed by atoms with Gasteiger partial charge < -0.3 is 20.7 Å². The number of ether oxygens (including phenoxy) is 1. The Hall–Kier alpha value is -3.47. The normalized spacial score (nSPS) is 19.4. The largest absolute Gasteiger partial charge is 0.573 e. The predicted molar refractivity (Wildman–Crippen MR) is 116 cm³/mol. The van der Waals surface area contributed by atoms with Gasteiger partial charge in [-0.1, -0.05) is 0 Å². The van der Waals surface area contributed by atoms with Gasteiger partial charge in [0, 0.05) is 60.8 Å². The van der Waals surface area contributed by atoms with Crippen LogP contribution in [0, 0.1) is 5.41 Å². The molecule has 1 saturated heterocycles. The van der Waals surface area contributed by atoms with Crippen molar-refractivity contribution < 1.29 is 17.9 Å². The van der Waals surface area contributed by atoms with E-state index in [0.29, 0.717) is 11.6 Å². The molecular weight excluding hydrogens is 435 g/mol. The molecule has 33 heavy (non-hydrogen) atoms. The third-order valence-corrected chi connectivity index (χ3v) is 5.97. The summed E-state index contributed by atoms with van der Waals surface area (Å²) in [6, 6.07) is 7.95. The second-order valence-corrected chi connectivity index (χ2v) is 8.59. The van der Waals surface area contributed by atoms with E-state index in [1.54, 1.807) is 24.5 Å². The molecule has 0 aromatic carbocycles. The summed E-state index contributed by atoms with van der Waals surface area (Å²) in [5, 5.41) is 2.98. The fraction of sp³-hybridized carbons (Fsp3) is 0.364. The van der Waals surface area contributed by atoms with Crippen molar-refractivity contribution in [1.82, 2.24) is 19.9 Å². The highest BCUT2D eigenvalue weighted by Crippen LogP contribution is 2.46. The van der Waals surface area contributed by atoms with Crippen LogP contribution in [0.25, 0.3) is 11.4 Å². The molecular formula is C22H22F3N7O. The number of hydrogen-bond acceptors (Lipinski definition) is 8. The average Bonchev–Trinajstić information content (AvgIpc) is 3.14. The predicted octanol–water partition coefficient (Wildman–Crippen LogP) is 3.89. The molecule has 5 rings (SSSR count). The molecule has 2 fully saturated rings. The van der Waals surface area contributed by atoms with Gasteiger partial charge in [0.25, 0.3) is 0 Å². The highest BCUT2D eigenvalue weighted by atomic mass is 19.4. The lowest BCUT2D eigenvalue weighted by Crippen LogP contribution is -2.56. The maximum Gasteiger partial charge on any atom is 0.573 e. The van der Waals surface area contributed by atoms with Crippen LogP contribution in [0.2, 0.25) is 0 Å². The zero-order chi connectivity index (χ0) is 23.1. The van der Waals surface area contributed by atoms with Gasteiger partial charge in [-0.25, -0.2) is 15.0 Å². The summed E-state index contributed by atoms with van der Waals surface area (Å²) in [6.07, 6.45) is 2.91. The minimum atomic E-state index is -4.79. The SMILES string of the molecule is NC1CCC2(C1)CN(c1cc(Nc3cc(OC(F)(F)F)ccn3)nc(-c3cccnc3)n1)C2. The lowest BCUT2D eigenvalue weighted by atomic mass is 9.78. The first kappa shape index (κ1) is 21.4. The van der Waals surface area contributed by atoms with Crippen LogP contribution >= 0.6 is 0 Å². The van der Waals surface area contributed by atoms with Crippen LogP contribution in [0.1, 0.15) is 19.3 Å². The Morgan fingerprint density at radius 2 is 1.97 bits per heavy atom. The summed E-state index contributed by atoms with van der Waals surface area (Å²) in [4.78, 5) is 19.6. The quantitative estimate of drug-likeness (QED) is 0.595. The maximum absolute atomic E-state index is 12.6. The van der Waals surface area contributed by atoms with Gasteiger partial charge in [0.2, 0.25) is 0 Å². The van der Waals surface area contributed by atoms with Gasteiger partial charge in [0.1, 0.15) is 23.2 Å². The zero-order valence-electron chi connectivity index (χ0n) is 17.6. The van der Waals surface area contributed by atoms with Crippen LogP contribution in [-0.4, -0.2) is 45.4 Å². The number of hydrogen-bond donors (Lipinski definition) is 2. The molecule has 1 atom stereocenters. The van der Waals surface area contributed by atoms with Crippen molar-refractivity contribution in [2.24, 2.45) is 11.1 Å². The standard InChI is InChI=1S/C22H22F3N7O/c23-22(24,25)33-16-4-7-28-17(8-16)29-18-9-19(31-20(30-18)14-2-1-6-27-11-14)32-12-21(13-32)5-3-15(26)10-21/h1-2,4,6-9,11,15H,3,5,10,12-13,26H2,(H,28,29,30,31). The smallest absolute Gasteiger partial charge is 0.406 e. The Morgan fingerprint density at radius 3 is 2.67 bits per heavy atom. The van der Waals surface area contributed by atoms with Crippen LogP contribution in [0.3, 0.4) is 0 Å². The lowest BCUT2D eigenvalue weighted by molar-refractivity contribution is -0.274. The molecule has 3 aromatic heterocycles. The summed E-state index contributed by atoms with van der Waals surface area (Å²) < 4.78 is 41.7. The maximum atomic E-state index is 12.6. The van der Waals surface area contributed by atoms with E-state index >= 15 is 0 Å². The molecule has 3 N–H and O–H groups in total. The second kappa shape index (κ2) is 8.14. The summed E-state index contributed by atoms with van der Waals surface area (Å²) in [5.41, 5.74) is 7.07. The molecule has 1 spiro atoms. The summed E-state index contributed by atoms with van der Waals surface area (Å²) >= 11 is 0. The van der Waals surface area contributed by atoms with E-state index in [2.05, 4.69) is 29.9 Å². The number of nitrogens with two attached hydrogens (primary N) is 1. The van der Waals surface area contributed by atoms with E-state index in [0.717, 1.165) is 55.9 Å². The zero-order valence-corrected chi connectivity index (χ0v) is 17.6. The number of anilines is 3. The van der Waals surface area contributed by atoms with Gasteiger partial charge in [-0.05, 0) is 37.5 Å². The number of aromatic nitrogens is 4. The Kier molecular flexibility index (Phi) is 5.28. The third kappa shape index (κ3) is 4.82. The number of nitrogens with one attached hydrogen (secondary N) is 1. The lowest BCUT2D eigenvalue weighted by Gasteiger charge is -2.49. The van der Waals surface area contributed by atoms with Crippen molar-refractivity contribution in [2.75, 3.05) is 23.3 Å². The molecule has 2 aliphatic rings. The molecule has 1 unspecified atom stereocenters. The summed E-state index contributed by atoms with van der Waals surface area (Å²) in [6.45, 7) is 1.72. The van der Waals surface area contributed by atoms with Gasteiger partial charge >= 0.3 is 6.36 Å². The molecule has 1 aliphatic heterocycles. The van der Waals surface area contributed by atoms with E-state index < -0.39 is 6.36 Å². The van der Waals surface area contributed by atoms with Crippen molar-refractivity contribution in [3.8, 4) is 17.1 Å². The highest BCUT2D eigenvalue weighted by Gasteiger charge is 2.47. The van der Waals surface area contributed by atoms with Crippen molar-refractivity contribution >= 4 is 17.5 Å².